The second-order valence-electron chi connectivity index (χ2n) is 41.4. The third kappa shape index (κ3) is 29.0. The van der Waals surface area contributed by atoms with Gasteiger partial charge in [-0.05, 0) is 177 Å². The van der Waals surface area contributed by atoms with Gasteiger partial charge in [-0.25, -0.2) is 0 Å². The second kappa shape index (κ2) is 48.9. The fraction of sp³-hybridized carbons (Fsp3) is 0.873. The van der Waals surface area contributed by atoms with E-state index < -0.39 is 174 Å². The summed E-state index contributed by atoms with van der Waals surface area (Å²) in [5.41, 5.74) is 52.5. The lowest BCUT2D eigenvalue weighted by atomic mass is 9.78. The van der Waals surface area contributed by atoms with Gasteiger partial charge < -0.3 is 148 Å². The molecule has 0 radical (unpaired) electrons. The molecule has 11 unspecified atom stereocenters. The van der Waals surface area contributed by atoms with Crippen LogP contribution < -0.4 is 62.7 Å². The topological polar surface area (TPSA) is 895 Å². The largest absolute Gasteiger partial charge is 0.480 e. The fourth-order valence-electron chi connectivity index (χ4n) is 20.9. The van der Waals surface area contributed by atoms with Crippen molar-refractivity contribution in [3.05, 3.63) is 30.1 Å². The number of ether oxygens (including phenoxy) is 2. The molecule has 21 atom stereocenters. The Labute approximate surface area is 836 Å². The molecule has 6 aliphatic carbocycles. The molecular weight excluding hydrogens is 1980 g/mol. The number of rotatable bonds is 47. The summed E-state index contributed by atoms with van der Waals surface area (Å²) in [4.78, 5) is 63.2. The van der Waals surface area contributed by atoms with Crippen LogP contribution in [0.2, 0.25) is 31.6 Å². The van der Waals surface area contributed by atoms with E-state index in [1.807, 2.05) is 0 Å². The molecule has 14 fully saturated rings. The highest BCUT2D eigenvalue weighted by atomic mass is 32.2. The van der Waals surface area contributed by atoms with E-state index >= 15 is 0 Å². The highest BCUT2D eigenvalue weighted by molar-refractivity contribution is 7.88. The van der Waals surface area contributed by atoms with Crippen LogP contribution in [0.3, 0.4) is 0 Å². The van der Waals surface area contributed by atoms with Gasteiger partial charge in [0.1, 0.15) is 27.7 Å². The van der Waals surface area contributed by atoms with Crippen LogP contribution in [0, 0.1) is 35.5 Å². The van der Waals surface area contributed by atoms with Crippen molar-refractivity contribution < 1.29 is 151 Å². The maximum atomic E-state index is 13.5. The number of carboxylic acid groups (broad SMARTS) is 5. The molecule has 1 aromatic heterocycles. The van der Waals surface area contributed by atoms with Crippen LogP contribution in [0.15, 0.2) is 24.5 Å². The number of nitrogens with zero attached hydrogens (tertiary/aromatic N) is 11. The minimum absolute atomic E-state index is 0.00388. The highest BCUT2D eigenvalue weighted by Gasteiger charge is 2.64. The van der Waals surface area contributed by atoms with Gasteiger partial charge in [0, 0.05) is 213 Å². The number of carbonyl (C=O) groups is 5. The van der Waals surface area contributed by atoms with Crippen molar-refractivity contribution in [3.63, 3.8) is 0 Å². The molecule has 9 heterocycles. The standard InChI is InChI=1S/C17H28BN5O6S.C16H32BN5O6S.C16H31BN4O7S.C15H29BN4O7S.C15H29BN4O6S/c19-14-8-15(14)23(9-12-3-6-21-7-4-12)30(28,29)22-10-13(2-1-5-18(26)27)17(20,11-22)16(24)25;18-13-8-14(13)22(12-3-6-20-7-4-12)29(27,28)21-9-11(2-1-5-17(25)26)16(19,10-21)15(23)24;18-13-8-14(13)21(12-3-6-28-7-4-12)29(26,27)20-9-11(2-1-5-17(24)25)16(19,10-20)15(22)23;17-12-6-13(12)20(11-3-5-27-8-11)28(25,26)19-7-10(2-1-4-16(23)24)15(18,9-19)14(21)22;17-12-6-13(12)20(7-10-3-4-10)27(25,26)19-8-11(2-1-5-16(23)24)15(18,9-19)14(21)22/h3-4,6-7,13-15,26-27H,1-2,5,8-11,19-20H2,(H,24,25);11-14,20,25-26H,1-10,18-19H2,(H,23,24);11-14,24-25H,1-10,18-19H2,(H,22,23);10-13,23-24H,1-9,17-18H2,(H,21,22);10-13,23-24H,1-9,17-18H2,(H,21,22)/t13-,14?,15?,17-;2*11-,13?,14?,16-;10-,11?,12?,13?,15-;11-,12?,13?,15-/m00000/s1. The molecule has 36 N–H and O–H groups in total. The van der Waals surface area contributed by atoms with Gasteiger partial charge in [0.05, 0.1) is 12.6 Å². The van der Waals surface area contributed by atoms with Crippen molar-refractivity contribution in [1.82, 2.24) is 53.4 Å². The summed E-state index contributed by atoms with van der Waals surface area (Å²) in [6.07, 6.45) is 14.6. The van der Waals surface area contributed by atoms with Crippen molar-refractivity contribution in [3.8, 4) is 0 Å². The zero-order chi connectivity index (χ0) is 106. The first kappa shape index (κ1) is 118. The first-order valence-corrected chi connectivity index (χ1v) is 56.2. The van der Waals surface area contributed by atoms with E-state index in [0.29, 0.717) is 148 Å². The summed E-state index contributed by atoms with van der Waals surface area (Å²) in [5.74, 6) is -9.07. The molecule has 54 nitrogen and oxygen atoms in total. The van der Waals surface area contributed by atoms with Gasteiger partial charge in [-0.1, -0.05) is 32.1 Å². The van der Waals surface area contributed by atoms with E-state index in [2.05, 4.69) is 10.3 Å². The molecule has 1 aromatic rings. The lowest BCUT2D eigenvalue weighted by Crippen LogP contribution is -2.57. The van der Waals surface area contributed by atoms with E-state index in [-0.39, 0.29) is 201 Å². The van der Waals surface area contributed by atoms with Gasteiger partial charge >= 0.3 is 65.4 Å². The predicted octanol–water partition coefficient (Wildman–Crippen LogP) is -11.3. The monoisotopic (exact) mass is 2130 g/mol. The van der Waals surface area contributed by atoms with E-state index in [0.717, 1.165) is 40.1 Å². The number of piperidine rings is 1. The van der Waals surface area contributed by atoms with Crippen molar-refractivity contribution in [2.24, 2.45) is 92.8 Å². The molecule has 0 bridgehead atoms. The third-order valence-corrected chi connectivity index (χ3v) is 40.5. The zero-order valence-electron chi connectivity index (χ0n) is 80.4. The Balaban J connectivity index is 0.000000171. The SMILES string of the molecule is NC1CC1N(C1CCNCC1)S(=O)(=O)N1C[C@H](CCCB(O)O)[C@](N)(C(=O)O)C1.NC1CC1N(C1CCOC1)S(=O)(=O)N1C[C@H](CCCB(O)O)[C@](N)(C(=O)O)C1.NC1CC1N(C1CCOCC1)S(=O)(=O)N1C[C@H](CCCB(O)O)[C@](N)(C(=O)O)C1.NC1CC1N(CC1CC1)S(=O)(=O)N1C[C@H](CCCB(O)O)[C@](N)(C(=O)O)C1.NC1CC1N(Cc1ccncc1)S(=O)(=O)N1C[C@H](CCCB(O)O)[C@](N)(C(=O)O)C1. The Morgan fingerprint density at radius 1 is 0.371 bits per heavy atom. The molecule has 0 spiro atoms. The first-order chi connectivity index (χ1) is 66.8. The Morgan fingerprint density at radius 3 is 0.881 bits per heavy atom. The predicted molar refractivity (Wildman–Crippen MR) is 519 cm³/mol. The molecule has 812 valence electrons. The molecule has 14 aliphatic rings. The summed E-state index contributed by atoms with van der Waals surface area (Å²) < 4.78 is 158. The molecule has 8 aliphatic heterocycles. The number of aliphatic carboxylic acids is 5. The molecule has 0 amide bonds. The third-order valence-electron chi connectivity index (χ3n) is 30.5. The molecular formula is C79H149B5N22O32S5. The smallest absolute Gasteiger partial charge is 0.451 e. The minimum atomic E-state index is -4.02. The number of nitrogens with one attached hydrogen (secondary N) is 1. The number of nitrogens with two attached hydrogens (primary N) is 10. The van der Waals surface area contributed by atoms with Crippen LogP contribution in [-0.2, 0) is 91.0 Å². The van der Waals surface area contributed by atoms with Gasteiger partial charge in [0.25, 0.3) is 51.0 Å². The average Bonchev–Trinajstić information content (AvgIpc) is 1.58. The Hall–Kier alpha value is -4.75. The maximum Gasteiger partial charge on any atom is 0.451 e. The number of aromatic nitrogens is 1. The van der Waals surface area contributed by atoms with Gasteiger partial charge in [0.2, 0.25) is 0 Å². The average molecular weight is 2130 g/mol. The van der Waals surface area contributed by atoms with Crippen molar-refractivity contribution in [2.45, 2.75) is 286 Å². The van der Waals surface area contributed by atoms with Gasteiger partial charge in [-0.2, -0.15) is 85.1 Å². The summed E-state index contributed by atoms with van der Waals surface area (Å²) in [6, 6.07) is 0.175. The Kier molecular flexibility index (Phi) is 40.5. The minimum Gasteiger partial charge on any atom is -0.480 e. The van der Waals surface area contributed by atoms with E-state index in [1.165, 1.54) is 34.4 Å². The highest BCUT2D eigenvalue weighted by Crippen LogP contribution is 2.46. The van der Waals surface area contributed by atoms with Gasteiger partial charge in [-0.3, -0.25) is 29.0 Å². The van der Waals surface area contributed by atoms with Crippen LogP contribution in [-0.4, -0.2) is 449 Å². The summed E-state index contributed by atoms with van der Waals surface area (Å²) in [7, 11) is -27.2. The number of hydrogen-bond acceptors (Lipinski definition) is 39. The van der Waals surface area contributed by atoms with Crippen molar-refractivity contribution in [1.29, 1.82) is 0 Å². The van der Waals surface area contributed by atoms with Crippen LogP contribution in [0.5, 0.6) is 0 Å². The van der Waals surface area contributed by atoms with Crippen molar-refractivity contribution >= 4 is 116 Å². The normalized spacial score (nSPS) is 33.4. The van der Waals surface area contributed by atoms with E-state index in [9.17, 15) is 91.6 Å². The van der Waals surface area contributed by atoms with Crippen LogP contribution >= 0.6 is 0 Å². The molecule has 64 heteroatoms. The quantitative estimate of drug-likeness (QED) is 0.0270. The zero-order valence-corrected chi connectivity index (χ0v) is 84.5. The van der Waals surface area contributed by atoms with Crippen LogP contribution in [0.25, 0.3) is 0 Å². The number of carboxylic acids is 5. The molecule has 8 saturated heterocycles. The lowest BCUT2D eigenvalue weighted by Gasteiger charge is -2.36. The molecule has 15 rings (SSSR count). The van der Waals surface area contributed by atoms with Crippen LogP contribution in [0.4, 0.5) is 0 Å². The number of pyridine rings is 1. The molecule has 0 aromatic carbocycles. The summed E-state index contributed by atoms with van der Waals surface area (Å²) >= 11 is 0. The van der Waals surface area contributed by atoms with Crippen LogP contribution in [0.1, 0.15) is 147 Å². The van der Waals surface area contributed by atoms with E-state index in [1.54, 1.807) is 24.5 Å². The number of hydrogen-bond donors (Lipinski definition) is 26. The summed E-state index contributed by atoms with van der Waals surface area (Å²) in [5, 5.41) is 142. The molecule has 6 saturated carbocycles. The lowest BCUT2D eigenvalue weighted by molar-refractivity contribution is -0.145. The second-order valence-corrected chi connectivity index (χ2v) is 50.6. The Morgan fingerprint density at radius 2 is 0.622 bits per heavy atom. The van der Waals surface area contributed by atoms with Gasteiger partial charge in [-0.15, -0.1) is 0 Å². The summed E-state index contributed by atoms with van der Waals surface area (Å²) in [6.45, 7) is 1.98. The first-order valence-electron chi connectivity index (χ1n) is 49.2. The Bertz CT molecular complexity index is 4930. The van der Waals surface area contributed by atoms with E-state index in [4.69, 9.17) is 117 Å². The fourth-order valence-corrected chi connectivity index (χ4v) is 31.4. The van der Waals surface area contributed by atoms with Gasteiger partial charge in [0.15, 0.2) is 0 Å². The maximum absolute atomic E-state index is 13.5. The molecule has 143 heavy (non-hydrogen) atoms. The van der Waals surface area contributed by atoms with Crippen molar-refractivity contribution in [2.75, 3.05) is 112 Å².